The standard InChI is InChI=1S/C11H10ClN3O2S/c12-8-2-1-3-9(6-8)14-10-4-5-13-7-11(10)15-18(16)17/h1-7,15H,(H,13,14)(H,16,17)/p-1. The number of pyridine rings is 1. The Balaban J connectivity index is 2.26. The van der Waals surface area contributed by atoms with Gasteiger partial charge in [-0.25, -0.2) is 0 Å². The molecule has 0 bridgehead atoms. The van der Waals surface area contributed by atoms with Crippen LogP contribution >= 0.6 is 11.6 Å². The van der Waals surface area contributed by atoms with E-state index in [1.54, 1.807) is 30.5 Å². The highest BCUT2D eigenvalue weighted by atomic mass is 35.5. The van der Waals surface area contributed by atoms with Gasteiger partial charge in [0.1, 0.15) is 0 Å². The van der Waals surface area contributed by atoms with E-state index in [2.05, 4.69) is 15.0 Å². The number of nitrogens with one attached hydrogen (secondary N) is 2. The highest BCUT2D eigenvalue weighted by Gasteiger charge is 2.02. The number of anilines is 3. The normalized spacial score (nSPS) is 11.9. The molecule has 94 valence electrons. The molecule has 0 saturated carbocycles. The van der Waals surface area contributed by atoms with Crippen LogP contribution in [0, 0.1) is 0 Å². The van der Waals surface area contributed by atoms with Crippen molar-refractivity contribution < 1.29 is 8.76 Å². The van der Waals surface area contributed by atoms with E-state index in [0.717, 1.165) is 5.69 Å². The number of hydrogen-bond donors (Lipinski definition) is 2. The lowest BCUT2D eigenvalue weighted by molar-refractivity contribution is 0.542. The van der Waals surface area contributed by atoms with E-state index in [-0.39, 0.29) is 0 Å². The fourth-order valence-electron chi connectivity index (χ4n) is 1.40. The number of rotatable bonds is 4. The monoisotopic (exact) mass is 282 g/mol. The predicted molar refractivity (Wildman–Crippen MR) is 71.5 cm³/mol. The Bertz CT molecular complexity index is 580. The van der Waals surface area contributed by atoms with Crippen LogP contribution in [0.1, 0.15) is 0 Å². The second-order valence-electron chi connectivity index (χ2n) is 3.39. The zero-order chi connectivity index (χ0) is 13.0. The fraction of sp³-hybridized carbons (Fsp3) is 0. The van der Waals surface area contributed by atoms with Crippen LogP contribution in [0.15, 0.2) is 42.7 Å². The van der Waals surface area contributed by atoms with Gasteiger partial charge < -0.3 is 14.6 Å². The van der Waals surface area contributed by atoms with Gasteiger partial charge in [0.15, 0.2) is 0 Å². The number of halogens is 1. The summed E-state index contributed by atoms with van der Waals surface area (Å²) < 4.78 is 23.5. The Morgan fingerprint density at radius 2 is 2.11 bits per heavy atom. The molecular weight excluding hydrogens is 274 g/mol. The molecule has 0 fully saturated rings. The van der Waals surface area contributed by atoms with E-state index in [1.165, 1.54) is 6.20 Å². The van der Waals surface area contributed by atoms with Crippen LogP contribution in [-0.2, 0) is 11.3 Å². The van der Waals surface area contributed by atoms with E-state index in [9.17, 15) is 8.76 Å². The quantitative estimate of drug-likeness (QED) is 0.845. The van der Waals surface area contributed by atoms with Crippen molar-refractivity contribution in [2.45, 2.75) is 0 Å². The number of benzene rings is 1. The van der Waals surface area contributed by atoms with Gasteiger partial charge in [-0.2, -0.15) is 0 Å². The van der Waals surface area contributed by atoms with Crippen molar-refractivity contribution in [1.82, 2.24) is 4.98 Å². The van der Waals surface area contributed by atoms with Gasteiger partial charge in [0, 0.05) is 28.2 Å². The Morgan fingerprint density at radius 3 is 2.83 bits per heavy atom. The van der Waals surface area contributed by atoms with E-state index >= 15 is 0 Å². The van der Waals surface area contributed by atoms with Crippen LogP contribution in [0.25, 0.3) is 0 Å². The summed E-state index contributed by atoms with van der Waals surface area (Å²) in [6.45, 7) is 0. The highest BCUT2D eigenvalue weighted by Crippen LogP contribution is 2.25. The molecule has 1 atom stereocenters. The zero-order valence-corrected chi connectivity index (χ0v) is 10.7. The summed E-state index contributed by atoms with van der Waals surface area (Å²) in [6.07, 6.45) is 2.98. The third-order valence-electron chi connectivity index (χ3n) is 2.12. The fourth-order valence-corrected chi connectivity index (χ4v) is 1.93. The Hall–Kier alpha value is -1.63. The molecule has 2 N–H and O–H groups in total. The third kappa shape index (κ3) is 3.43. The van der Waals surface area contributed by atoms with Crippen LogP contribution in [0.5, 0.6) is 0 Å². The molecule has 1 aromatic carbocycles. The lowest BCUT2D eigenvalue weighted by Gasteiger charge is -2.14. The SMILES string of the molecule is O=S([O-])Nc1cnccc1Nc1cccc(Cl)c1. The van der Waals surface area contributed by atoms with Crippen LogP contribution < -0.4 is 10.0 Å². The van der Waals surface area contributed by atoms with Gasteiger partial charge in [-0.3, -0.25) is 9.19 Å². The molecule has 1 heterocycles. The second kappa shape index (κ2) is 5.81. The summed E-state index contributed by atoms with van der Waals surface area (Å²) in [5.74, 6) is 0. The van der Waals surface area contributed by atoms with Crippen molar-refractivity contribution in [2.75, 3.05) is 10.0 Å². The smallest absolute Gasteiger partial charge is 0.0874 e. The van der Waals surface area contributed by atoms with Crippen molar-refractivity contribution in [2.24, 2.45) is 0 Å². The molecular formula is C11H9ClN3O2S-. The molecule has 1 aromatic heterocycles. The lowest BCUT2D eigenvalue weighted by atomic mass is 10.3. The van der Waals surface area contributed by atoms with Gasteiger partial charge in [0.2, 0.25) is 0 Å². The molecule has 7 heteroatoms. The Kier molecular flexibility index (Phi) is 4.14. The second-order valence-corrected chi connectivity index (χ2v) is 4.50. The molecule has 0 saturated heterocycles. The largest absolute Gasteiger partial charge is 0.755 e. The third-order valence-corrected chi connectivity index (χ3v) is 2.74. The van der Waals surface area contributed by atoms with Gasteiger partial charge in [0.25, 0.3) is 0 Å². The van der Waals surface area contributed by atoms with Crippen LogP contribution in [0.3, 0.4) is 0 Å². The summed E-state index contributed by atoms with van der Waals surface area (Å²) in [7, 11) is 0. The van der Waals surface area contributed by atoms with Gasteiger partial charge in [-0.1, -0.05) is 17.7 Å². The predicted octanol–water partition coefficient (Wildman–Crippen LogP) is 2.68. The van der Waals surface area contributed by atoms with E-state index in [1.807, 2.05) is 6.07 Å². The minimum absolute atomic E-state index is 0.366. The minimum atomic E-state index is -2.40. The van der Waals surface area contributed by atoms with Crippen molar-refractivity contribution in [3.8, 4) is 0 Å². The molecule has 0 aliphatic rings. The summed E-state index contributed by atoms with van der Waals surface area (Å²) in [6, 6.07) is 8.77. The maximum Gasteiger partial charge on any atom is 0.0874 e. The lowest BCUT2D eigenvalue weighted by Crippen LogP contribution is -2.05. The topological polar surface area (TPSA) is 77.1 Å². The van der Waals surface area contributed by atoms with Gasteiger partial charge in [-0.05, 0) is 24.3 Å². The number of aromatic nitrogens is 1. The minimum Gasteiger partial charge on any atom is -0.755 e. The molecule has 0 aliphatic heterocycles. The number of hydrogen-bond acceptors (Lipinski definition) is 4. The van der Waals surface area contributed by atoms with Crippen molar-refractivity contribution >= 4 is 39.9 Å². The first-order chi connectivity index (χ1) is 8.65. The van der Waals surface area contributed by atoms with Crippen LogP contribution in [0.4, 0.5) is 17.1 Å². The first-order valence-electron chi connectivity index (χ1n) is 4.97. The average Bonchev–Trinajstić information content (AvgIpc) is 2.31. The molecule has 1 unspecified atom stereocenters. The molecule has 0 radical (unpaired) electrons. The molecule has 0 amide bonds. The molecule has 5 nitrogen and oxygen atoms in total. The molecule has 2 rings (SSSR count). The Labute approximate surface area is 112 Å². The van der Waals surface area contributed by atoms with Crippen LogP contribution in [-0.4, -0.2) is 13.7 Å². The molecule has 0 spiro atoms. The summed E-state index contributed by atoms with van der Waals surface area (Å²) in [4.78, 5) is 3.86. The number of nitrogens with zero attached hydrogens (tertiary/aromatic N) is 1. The molecule has 2 aromatic rings. The highest BCUT2D eigenvalue weighted by molar-refractivity contribution is 7.80. The van der Waals surface area contributed by atoms with Gasteiger partial charge >= 0.3 is 0 Å². The van der Waals surface area contributed by atoms with Crippen molar-refractivity contribution in [3.05, 3.63) is 47.7 Å². The molecule has 18 heavy (non-hydrogen) atoms. The van der Waals surface area contributed by atoms with Crippen LogP contribution in [0.2, 0.25) is 5.02 Å². The van der Waals surface area contributed by atoms with E-state index < -0.39 is 11.3 Å². The van der Waals surface area contributed by atoms with E-state index in [0.29, 0.717) is 16.4 Å². The van der Waals surface area contributed by atoms with Gasteiger partial charge in [-0.15, -0.1) is 0 Å². The summed E-state index contributed by atoms with van der Waals surface area (Å²) in [5.41, 5.74) is 1.72. The summed E-state index contributed by atoms with van der Waals surface area (Å²) >= 11 is 3.47. The zero-order valence-electron chi connectivity index (χ0n) is 9.09. The first-order valence-corrected chi connectivity index (χ1v) is 6.43. The average molecular weight is 283 g/mol. The van der Waals surface area contributed by atoms with Crippen molar-refractivity contribution in [1.29, 1.82) is 0 Å². The van der Waals surface area contributed by atoms with Gasteiger partial charge in [0.05, 0.1) is 17.6 Å². The maximum atomic E-state index is 10.6. The van der Waals surface area contributed by atoms with Crippen molar-refractivity contribution in [3.63, 3.8) is 0 Å². The van der Waals surface area contributed by atoms with E-state index in [4.69, 9.17) is 11.6 Å². The first kappa shape index (κ1) is 12.8. The maximum absolute atomic E-state index is 10.6. The summed E-state index contributed by atoms with van der Waals surface area (Å²) in [5, 5.41) is 3.65. The molecule has 0 aliphatic carbocycles. The Morgan fingerprint density at radius 1 is 1.28 bits per heavy atom.